The molecule has 1 aromatic heterocycles. The minimum atomic E-state index is -3.57. The van der Waals surface area contributed by atoms with E-state index in [0.717, 1.165) is 27.5 Å². The van der Waals surface area contributed by atoms with Crippen molar-refractivity contribution in [1.82, 2.24) is 15.1 Å². The highest BCUT2D eigenvalue weighted by Gasteiger charge is 2.22. The molecule has 0 unspecified atom stereocenters. The van der Waals surface area contributed by atoms with Gasteiger partial charge in [0.05, 0.1) is 24.2 Å². The van der Waals surface area contributed by atoms with Gasteiger partial charge in [0.15, 0.2) is 0 Å². The number of nitrogens with one attached hydrogen (secondary N) is 1. The van der Waals surface area contributed by atoms with E-state index in [1.54, 1.807) is 18.2 Å². The average Bonchev–Trinajstić information content (AvgIpc) is 2.81. The summed E-state index contributed by atoms with van der Waals surface area (Å²) in [5, 5.41) is 7.22. The number of aromatic nitrogens is 2. The number of carbonyl (C=O) groups is 1. The molecule has 2 rings (SSSR count). The van der Waals surface area contributed by atoms with E-state index in [9.17, 15) is 13.2 Å². The highest BCUT2D eigenvalue weighted by atomic mass is 32.2. The Balaban J connectivity index is 2.06. The lowest BCUT2D eigenvalue weighted by molar-refractivity contribution is -0.120. The van der Waals surface area contributed by atoms with Crippen LogP contribution in [0.5, 0.6) is 0 Å². The minimum absolute atomic E-state index is 0.181. The second kappa shape index (κ2) is 7.90. The van der Waals surface area contributed by atoms with Crippen LogP contribution in [0.15, 0.2) is 30.3 Å². The van der Waals surface area contributed by atoms with E-state index in [4.69, 9.17) is 0 Å². The van der Waals surface area contributed by atoms with Crippen molar-refractivity contribution in [3.05, 3.63) is 47.3 Å². The lowest BCUT2D eigenvalue weighted by Gasteiger charge is -2.23. The number of nitrogens with zero attached hydrogens (tertiary/aromatic N) is 3. The molecule has 1 amide bonds. The molecule has 1 atom stereocenters. The van der Waals surface area contributed by atoms with Gasteiger partial charge in [-0.2, -0.15) is 5.10 Å². The molecule has 26 heavy (non-hydrogen) atoms. The molecule has 1 heterocycles. The summed E-state index contributed by atoms with van der Waals surface area (Å²) in [5.74, 6) is -0.356. The van der Waals surface area contributed by atoms with Gasteiger partial charge in [0.1, 0.15) is 6.54 Å². The first kappa shape index (κ1) is 20.0. The van der Waals surface area contributed by atoms with Gasteiger partial charge in [0.2, 0.25) is 15.9 Å². The average molecular weight is 378 g/mol. The van der Waals surface area contributed by atoms with Gasteiger partial charge in [-0.05, 0) is 51.5 Å². The monoisotopic (exact) mass is 378 g/mol. The molecule has 0 radical (unpaired) electrons. The fourth-order valence-corrected chi connectivity index (χ4v) is 3.65. The van der Waals surface area contributed by atoms with Gasteiger partial charge in [0.25, 0.3) is 0 Å². The molecular weight excluding hydrogens is 352 g/mol. The third kappa shape index (κ3) is 5.32. The van der Waals surface area contributed by atoms with Gasteiger partial charge in [0, 0.05) is 11.7 Å². The standard InChI is InChI=1S/C18H26N4O3S/c1-13-7-6-8-17(9-13)22(26(5,24)25)12-18(23)19-15(3)11-21-16(4)10-14(2)20-21/h6-10,15H,11-12H2,1-5H3,(H,19,23)/t15-/m1/s1. The van der Waals surface area contributed by atoms with Crippen LogP contribution in [0.3, 0.4) is 0 Å². The zero-order chi connectivity index (χ0) is 19.5. The SMILES string of the molecule is Cc1cccc(N(CC(=O)N[C@H](C)Cn2nc(C)cc2C)S(C)(=O)=O)c1. The van der Waals surface area contributed by atoms with E-state index in [-0.39, 0.29) is 18.5 Å². The number of aryl methyl sites for hydroxylation is 3. The van der Waals surface area contributed by atoms with Crippen LogP contribution in [0, 0.1) is 20.8 Å². The Bertz CT molecular complexity index is 890. The summed E-state index contributed by atoms with van der Waals surface area (Å²) >= 11 is 0. The normalized spacial score (nSPS) is 12.7. The van der Waals surface area contributed by atoms with Crippen molar-refractivity contribution < 1.29 is 13.2 Å². The summed E-state index contributed by atoms with van der Waals surface area (Å²) in [7, 11) is -3.57. The van der Waals surface area contributed by atoms with Crippen molar-refractivity contribution in [2.45, 2.75) is 40.3 Å². The van der Waals surface area contributed by atoms with Crippen LogP contribution in [0.2, 0.25) is 0 Å². The van der Waals surface area contributed by atoms with Crippen LogP contribution >= 0.6 is 0 Å². The Hall–Kier alpha value is -2.35. The number of amides is 1. The smallest absolute Gasteiger partial charge is 0.241 e. The maximum absolute atomic E-state index is 12.4. The van der Waals surface area contributed by atoms with Crippen LogP contribution in [0.1, 0.15) is 23.9 Å². The molecule has 1 aromatic carbocycles. The van der Waals surface area contributed by atoms with E-state index in [0.29, 0.717) is 12.2 Å². The second-order valence-electron chi connectivity index (χ2n) is 6.69. The van der Waals surface area contributed by atoms with Gasteiger partial charge in [-0.15, -0.1) is 0 Å². The predicted octanol–water partition coefficient (Wildman–Crippen LogP) is 1.78. The second-order valence-corrected chi connectivity index (χ2v) is 8.59. The van der Waals surface area contributed by atoms with Crippen LogP contribution in [0.4, 0.5) is 5.69 Å². The van der Waals surface area contributed by atoms with E-state index in [2.05, 4.69) is 10.4 Å². The Morgan fingerprint density at radius 2 is 1.96 bits per heavy atom. The third-order valence-electron chi connectivity index (χ3n) is 3.93. The van der Waals surface area contributed by atoms with Gasteiger partial charge < -0.3 is 5.32 Å². The molecule has 0 aliphatic carbocycles. The summed E-state index contributed by atoms with van der Waals surface area (Å²) < 4.78 is 27.2. The maximum atomic E-state index is 12.4. The fourth-order valence-electron chi connectivity index (χ4n) is 2.80. The van der Waals surface area contributed by atoms with Crippen molar-refractivity contribution in [2.24, 2.45) is 0 Å². The first-order valence-electron chi connectivity index (χ1n) is 8.41. The van der Waals surface area contributed by atoms with Gasteiger partial charge in [-0.25, -0.2) is 8.42 Å². The number of carbonyl (C=O) groups excluding carboxylic acids is 1. The van der Waals surface area contributed by atoms with Gasteiger partial charge >= 0.3 is 0 Å². The quantitative estimate of drug-likeness (QED) is 0.796. The first-order chi connectivity index (χ1) is 12.1. The molecule has 8 heteroatoms. The van der Waals surface area contributed by atoms with E-state index in [1.165, 1.54) is 0 Å². The van der Waals surface area contributed by atoms with Crippen molar-refractivity contribution in [3.8, 4) is 0 Å². The van der Waals surface area contributed by atoms with Crippen molar-refractivity contribution >= 4 is 21.6 Å². The van der Waals surface area contributed by atoms with Crippen molar-refractivity contribution in [2.75, 3.05) is 17.1 Å². The Morgan fingerprint density at radius 3 is 2.50 bits per heavy atom. The molecule has 142 valence electrons. The number of hydrogen-bond acceptors (Lipinski definition) is 4. The number of sulfonamides is 1. The van der Waals surface area contributed by atoms with E-state index >= 15 is 0 Å². The maximum Gasteiger partial charge on any atom is 0.241 e. The first-order valence-corrected chi connectivity index (χ1v) is 10.3. The zero-order valence-electron chi connectivity index (χ0n) is 15.9. The summed E-state index contributed by atoms with van der Waals surface area (Å²) in [4.78, 5) is 12.4. The molecule has 0 saturated heterocycles. The largest absolute Gasteiger partial charge is 0.350 e. The Labute approximate surface area is 155 Å². The minimum Gasteiger partial charge on any atom is -0.350 e. The summed E-state index contributed by atoms with van der Waals surface area (Å²) in [6.07, 6.45) is 1.10. The van der Waals surface area contributed by atoms with Crippen LogP contribution in [0.25, 0.3) is 0 Å². The Morgan fingerprint density at radius 1 is 1.27 bits per heavy atom. The van der Waals surface area contributed by atoms with Crippen LogP contribution < -0.4 is 9.62 Å². The van der Waals surface area contributed by atoms with E-state index < -0.39 is 10.0 Å². The molecule has 0 aliphatic rings. The molecular formula is C18H26N4O3S. The Kier molecular flexibility index (Phi) is 6.07. The summed E-state index contributed by atoms with van der Waals surface area (Å²) in [6, 6.07) is 8.86. The predicted molar refractivity (Wildman–Crippen MR) is 103 cm³/mol. The summed E-state index contributed by atoms with van der Waals surface area (Å²) in [6.45, 7) is 7.88. The molecule has 2 aromatic rings. The highest BCUT2D eigenvalue weighted by molar-refractivity contribution is 7.92. The van der Waals surface area contributed by atoms with Crippen LogP contribution in [-0.4, -0.2) is 42.9 Å². The zero-order valence-corrected chi connectivity index (χ0v) is 16.7. The lowest BCUT2D eigenvalue weighted by atomic mass is 10.2. The fraction of sp³-hybridized carbons (Fsp3) is 0.444. The van der Waals surface area contributed by atoms with Gasteiger partial charge in [-0.3, -0.25) is 13.8 Å². The number of benzene rings is 1. The van der Waals surface area contributed by atoms with Gasteiger partial charge in [-0.1, -0.05) is 12.1 Å². The molecule has 0 saturated carbocycles. The summed E-state index contributed by atoms with van der Waals surface area (Å²) in [5.41, 5.74) is 3.34. The lowest BCUT2D eigenvalue weighted by Crippen LogP contribution is -2.44. The molecule has 1 N–H and O–H groups in total. The number of hydrogen-bond donors (Lipinski definition) is 1. The molecule has 0 fully saturated rings. The van der Waals surface area contributed by atoms with E-state index in [1.807, 2.05) is 44.5 Å². The highest BCUT2D eigenvalue weighted by Crippen LogP contribution is 2.18. The third-order valence-corrected chi connectivity index (χ3v) is 5.08. The molecule has 0 aliphatic heterocycles. The topological polar surface area (TPSA) is 84.3 Å². The van der Waals surface area contributed by atoms with Crippen molar-refractivity contribution in [1.29, 1.82) is 0 Å². The number of rotatable bonds is 7. The molecule has 0 bridgehead atoms. The van der Waals surface area contributed by atoms with Crippen LogP contribution in [-0.2, 0) is 21.4 Å². The number of anilines is 1. The molecule has 7 nitrogen and oxygen atoms in total. The molecule has 0 spiro atoms. The van der Waals surface area contributed by atoms with Crippen molar-refractivity contribution in [3.63, 3.8) is 0 Å².